The molecule has 72 valence electrons. The molecule has 0 unspecified atom stereocenters. The number of ether oxygens (including phenoxy) is 1. The predicted octanol–water partition coefficient (Wildman–Crippen LogP) is 2.07. The summed E-state index contributed by atoms with van der Waals surface area (Å²) in [5.41, 5.74) is 6.00. The fraction of sp³-hybridized carbons (Fsp3) is 1.00. The van der Waals surface area contributed by atoms with Crippen LogP contribution in [0.4, 0.5) is 0 Å². The van der Waals surface area contributed by atoms with Crippen LogP contribution in [0.1, 0.15) is 46.0 Å². The maximum atomic E-state index is 6.00. The molecule has 2 nitrogen and oxygen atoms in total. The summed E-state index contributed by atoms with van der Waals surface area (Å²) in [6.45, 7) is 4.16. The molecule has 1 aliphatic rings. The van der Waals surface area contributed by atoms with Crippen molar-refractivity contribution in [3.8, 4) is 0 Å². The van der Waals surface area contributed by atoms with Gasteiger partial charge in [0, 0.05) is 6.04 Å². The van der Waals surface area contributed by atoms with Crippen molar-refractivity contribution in [3.05, 3.63) is 0 Å². The highest BCUT2D eigenvalue weighted by Gasteiger charge is 2.21. The maximum Gasteiger partial charge on any atom is 0.0729 e. The zero-order valence-corrected chi connectivity index (χ0v) is 8.25. The van der Waals surface area contributed by atoms with Crippen molar-refractivity contribution in [2.24, 2.45) is 5.73 Å². The Hall–Kier alpha value is -0.0800. The van der Waals surface area contributed by atoms with Crippen LogP contribution < -0.4 is 5.73 Å². The lowest BCUT2D eigenvalue weighted by molar-refractivity contribution is -0.00985. The molecule has 0 amide bonds. The average Bonchev–Trinajstić information content (AvgIpc) is 2.16. The first-order valence-electron chi connectivity index (χ1n) is 5.11. The summed E-state index contributed by atoms with van der Waals surface area (Å²) in [6.07, 6.45) is 6.80. The second kappa shape index (κ2) is 4.83. The summed E-state index contributed by atoms with van der Waals surface area (Å²) in [5.74, 6) is 0. The van der Waals surface area contributed by atoms with Gasteiger partial charge in [-0.05, 0) is 26.7 Å². The fourth-order valence-electron chi connectivity index (χ4n) is 1.82. The van der Waals surface area contributed by atoms with E-state index in [1.807, 2.05) is 0 Å². The van der Waals surface area contributed by atoms with Gasteiger partial charge >= 0.3 is 0 Å². The minimum absolute atomic E-state index is 0.273. The van der Waals surface area contributed by atoms with Crippen molar-refractivity contribution >= 4 is 0 Å². The van der Waals surface area contributed by atoms with Gasteiger partial charge in [-0.3, -0.25) is 0 Å². The zero-order chi connectivity index (χ0) is 8.97. The lowest BCUT2D eigenvalue weighted by Crippen LogP contribution is -2.37. The van der Waals surface area contributed by atoms with Gasteiger partial charge in [0.2, 0.25) is 0 Å². The molecule has 0 aromatic carbocycles. The standard InChI is InChI=1S/C10H21NO/c1-8(2)12-10-7-5-3-4-6-9(10)11/h8-10H,3-7,11H2,1-2H3/t9-,10-/m0/s1. The quantitative estimate of drug-likeness (QED) is 0.645. The molecule has 0 spiro atoms. The molecule has 0 saturated heterocycles. The number of rotatable bonds is 2. The van der Waals surface area contributed by atoms with Crippen LogP contribution in [0.3, 0.4) is 0 Å². The van der Waals surface area contributed by atoms with E-state index in [0.717, 1.165) is 12.8 Å². The van der Waals surface area contributed by atoms with Crippen molar-refractivity contribution in [1.29, 1.82) is 0 Å². The van der Waals surface area contributed by atoms with Gasteiger partial charge in [0.05, 0.1) is 12.2 Å². The van der Waals surface area contributed by atoms with Crippen molar-refractivity contribution in [3.63, 3.8) is 0 Å². The summed E-state index contributed by atoms with van der Waals surface area (Å²) < 4.78 is 5.76. The minimum Gasteiger partial charge on any atom is -0.374 e. The van der Waals surface area contributed by atoms with Crippen LogP contribution >= 0.6 is 0 Å². The summed E-state index contributed by atoms with van der Waals surface area (Å²) in [5, 5.41) is 0. The SMILES string of the molecule is CC(C)O[C@H]1CCCCC[C@@H]1N. The zero-order valence-electron chi connectivity index (χ0n) is 8.25. The summed E-state index contributed by atoms with van der Waals surface area (Å²) in [7, 11) is 0. The van der Waals surface area contributed by atoms with Crippen LogP contribution in [0.5, 0.6) is 0 Å². The first-order chi connectivity index (χ1) is 5.70. The van der Waals surface area contributed by atoms with Gasteiger partial charge in [-0.1, -0.05) is 19.3 Å². The van der Waals surface area contributed by atoms with E-state index in [0.29, 0.717) is 12.2 Å². The summed E-state index contributed by atoms with van der Waals surface area (Å²) in [4.78, 5) is 0. The molecule has 0 aromatic rings. The maximum absolute atomic E-state index is 6.00. The van der Waals surface area contributed by atoms with Gasteiger partial charge < -0.3 is 10.5 Å². The van der Waals surface area contributed by atoms with Gasteiger partial charge in [0.1, 0.15) is 0 Å². The highest BCUT2D eigenvalue weighted by molar-refractivity contribution is 4.77. The second-order valence-corrected chi connectivity index (χ2v) is 4.03. The van der Waals surface area contributed by atoms with Gasteiger partial charge in [-0.25, -0.2) is 0 Å². The van der Waals surface area contributed by atoms with Crippen LogP contribution in [-0.4, -0.2) is 18.2 Å². The Morgan fingerprint density at radius 2 is 1.83 bits per heavy atom. The van der Waals surface area contributed by atoms with Crippen LogP contribution in [0.15, 0.2) is 0 Å². The average molecular weight is 171 g/mol. The lowest BCUT2D eigenvalue weighted by Gasteiger charge is -2.23. The molecular formula is C10H21NO. The second-order valence-electron chi connectivity index (χ2n) is 4.03. The highest BCUT2D eigenvalue weighted by atomic mass is 16.5. The Balaban J connectivity index is 2.36. The Morgan fingerprint density at radius 1 is 1.17 bits per heavy atom. The molecule has 0 aliphatic heterocycles. The first-order valence-corrected chi connectivity index (χ1v) is 5.11. The van der Waals surface area contributed by atoms with Crippen LogP contribution in [0.2, 0.25) is 0 Å². The lowest BCUT2D eigenvalue weighted by atomic mass is 10.1. The van der Waals surface area contributed by atoms with Gasteiger partial charge in [-0.2, -0.15) is 0 Å². The predicted molar refractivity (Wildman–Crippen MR) is 51.1 cm³/mol. The third-order valence-corrected chi connectivity index (χ3v) is 2.45. The summed E-state index contributed by atoms with van der Waals surface area (Å²) >= 11 is 0. The van der Waals surface area contributed by atoms with E-state index >= 15 is 0 Å². The smallest absolute Gasteiger partial charge is 0.0729 e. The molecule has 1 aliphatic carbocycles. The Morgan fingerprint density at radius 3 is 2.50 bits per heavy atom. The number of hydrogen-bond donors (Lipinski definition) is 1. The van der Waals surface area contributed by atoms with Crippen molar-refractivity contribution in [2.75, 3.05) is 0 Å². The van der Waals surface area contributed by atoms with E-state index in [1.54, 1.807) is 0 Å². The molecule has 2 atom stereocenters. The van der Waals surface area contributed by atoms with Gasteiger partial charge in [0.25, 0.3) is 0 Å². The Bertz CT molecular complexity index is 125. The van der Waals surface area contributed by atoms with E-state index in [1.165, 1.54) is 19.3 Å². The molecule has 0 aromatic heterocycles. The number of hydrogen-bond acceptors (Lipinski definition) is 2. The van der Waals surface area contributed by atoms with Crippen molar-refractivity contribution < 1.29 is 4.74 Å². The van der Waals surface area contributed by atoms with E-state index in [4.69, 9.17) is 10.5 Å². The van der Waals surface area contributed by atoms with Crippen LogP contribution in [0, 0.1) is 0 Å². The fourth-order valence-corrected chi connectivity index (χ4v) is 1.82. The Kier molecular flexibility index (Phi) is 4.02. The molecule has 12 heavy (non-hydrogen) atoms. The molecule has 0 bridgehead atoms. The summed E-state index contributed by atoms with van der Waals surface area (Å²) in [6, 6.07) is 0.273. The van der Waals surface area contributed by atoms with Gasteiger partial charge in [0.15, 0.2) is 0 Å². The molecule has 1 fully saturated rings. The van der Waals surface area contributed by atoms with E-state index in [2.05, 4.69) is 13.8 Å². The molecule has 2 heteroatoms. The monoisotopic (exact) mass is 171 g/mol. The third-order valence-electron chi connectivity index (χ3n) is 2.45. The number of nitrogens with two attached hydrogens (primary N) is 1. The van der Waals surface area contributed by atoms with Crippen LogP contribution in [-0.2, 0) is 4.74 Å². The van der Waals surface area contributed by atoms with Crippen molar-refractivity contribution in [2.45, 2.75) is 64.2 Å². The molecule has 1 rings (SSSR count). The van der Waals surface area contributed by atoms with Gasteiger partial charge in [-0.15, -0.1) is 0 Å². The Labute approximate surface area is 75.5 Å². The largest absolute Gasteiger partial charge is 0.374 e. The first kappa shape index (κ1) is 10.0. The molecular weight excluding hydrogens is 150 g/mol. The highest BCUT2D eigenvalue weighted by Crippen LogP contribution is 2.20. The molecule has 2 N–H and O–H groups in total. The van der Waals surface area contributed by atoms with E-state index in [-0.39, 0.29) is 6.04 Å². The molecule has 1 saturated carbocycles. The minimum atomic E-state index is 0.273. The normalized spacial score (nSPS) is 32.0. The molecule has 0 heterocycles. The topological polar surface area (TPSA) is 35.2 Å². The van der Waals surface area contributed by atoms with E-state index in [9.17, 15) is 0 Å². The third kappa shape index (κ3) is 3.11. The van der Waals surface area contributed by atoms with E-state index < -0.39 is 0 Å². The molecule has 0 radical (unpaired) electrons. The van der Waals surface area contributed by atoms with Crippen molar-refractivity contribution in [1.82, 2.24) is 0 Å². The van der Waals surface area contributed by atoms with Crippen LogP contribution in [0.25, 0.3) is 0 Å².